The van der Waals surface area contributed by atoms with E-state index in [2.05, 4.69) is 0 Å². The average Bonchev–Trinajstić information content (AvgIpc) is 2.39. The van der Waals surface area contributed by atoms with Gasteiger partial charge in [-0.15, -0.1) is 0 Å². The Morgan fingerprint density at radius 1 is 1.00 bits per heavy atom. The Morgan fingerprint density at radius 3 is 2.25 bits per heavy atom. The highest BCUT2D eigenvalue weighted by atomic mass is 19.1. The van der Waals surface area contributed by atoms with Crippen LogP contribution < -0.4 is 0 Å². The smallest absolute Gasteiger partial charge is 0.123 e. The number of benzene rings is 2. The van der Waals surface area contributed by atoms with Crippen molar-refractivity contribution in [1.29, 1.82) is 0 Å². The van der Waals surface area contributed by atoms with E-state index in [1.54, 1.807) is 24.3 Å². The van der Waals surface area contributed by atoms with Gasteiger partial charge in [0.1, 0.15) is 11.6 Å². The predicted molar refractivity (Wildman–Crippen MR) is 75.5 cm³/mol. The van der Waals surface area contributed by atoms with E-state index in [0.29, 0.717) is 6.42 Å². The van der Waals surface area contributed by atoms with Crippen molar-refractivity contribution in [2.75, 3.05) is 0 Å². The van der Waals surface area contributed by atoms with Crippen molar-refractivity contribution < 1.29 is 13.9 Å². The Bertz CT molecular complexity index is 576. The highest BCUT2D eigenvalue weighted by Gasteiger charge is 2.29. The Morgan fingerprint density at radius 2 is 1.65 bits per heavy atom. The van der Waals surface area contributed by atoms with Crippen molar-refractivity contribution in [3.63, 3.8) is 0 Å². The summed E-state index contributed by atoms with van der Waals surface area (Å²) in [6.45, 7) is 3.79. The molecule has 1 unspecified atom stereocenters. The van der Waals surface area contributed by atoms with E-state index in [1.165, 1.54) is 24.3 Å². The van der Waals surface area contributed by atoms with Crippen molar-refractivity contribution in [2.24, 2.45) is 0 Å². The quantitative estimate of drug-likeness (QED) is 0.899. The molecule has 0 radical (unpaired) electrons. The van der Waals surface area contributed by atoms with Crippen LogP contribution in [0.15, 0.2) is 48.5 Å². The van der Waals surface area contributed by atoms with Gasteiger partial charge in [-0.05, 0) is 41.8 Å². The molecular formula is C17H18F2O. The first kappa shape index (κ1) is 14.7. The van der Waals surface area contributed by atoms with Crippen LogP contribution in [0, 0.1) is 11.6 Å². The molecule has 0 amide bonds. The van der Waals surface area contributed by atoms with E-state index in [-0.39, 0.29) is 11.6 Å². The number of hydrogen-bond donors (Lipinski definition) is 1. The van der Waals surface area contributed by atoms with Crippen LogP contribution in [0.25, 0.3) is 0 Å². The zero-order valence-corrected chi connectivity index (χ0v) is 11.6. The lowest BCUT2D eigenvalue weighted by Gasteiger charge is -2.31. The molecule has 0 spiro atoms. The molecule has 2 rings (SSSR count). The van der Waals surface area contributed by atoms with Gasteiger partial charge in [0.25, 0.3) is 0 Å². The summed E-state index contributed by atoms with van der Waals surface area (Å²) in [7, 11) is 0. The zero-order valence-electron chi connectivity index (χ0n) is 11.6. The highest BCUT2D eigenvalue weighted by molar-refractivity contribution is 5.27. The van der Waals surface area contributed by atoms with Crippen LogP contribution >= 0.6 is 0 Å². The number of hydrogen-bond acceptors (Lipinski definition) is 1. The molecule has 1 N–H and O–H groups in total. The number of aliphatic hydroxyl groups is 1. The Kier molecular flexibility index (Phi) is 4.19. The minimum atomic E-state index is -0.685. The molecule has 2 aromatic rings. The first-order chi connectivity index (χ1) is 9.39. The van der Waals surface area contributed by atoms with Crippen LogP contribution in [-0.4, -0.2) is 11.2 Å². The second kappa shape index (κ2) is 5.71. The molecule has 0 bridgehead atoms. The van der Waals surface area contributed by atoms with E-state index >= 15 is 0 Å². The van der Waals surface area contributed by atoms with Crippen LogP contribution in [-0.2, 0) is 11.8 Å². The molecule has 0 heterocycles. The lowest BCUT2D eigenvalue weighted by atomic mass is 9.77. The second-order valence-corrected chi connectivity index (χ2v) is 5.58. The molecule has 0 aliphatic carbocycles. The van der Waals surface area contributed by atoms with Crippen LogP contribution in [0.4, 0.5) is 8.78 Å². The lowest BCUT2D eigenvalue weighted by molar-refractivity contribution is 0.0999. The van der Waals surface area contributed by atoms with Crippen molar-refractivity contribution in [3.05, 3.63) is 71.3 Å². The standard InChI is InChI=1S/C17H18F2O/c1-17(2,13-6-8-14(18)9-7-13)16(20)11-12-4-3-5-15(19)10-12/h3-10,16,20H,11H2,1-2H3. The molecule has 2 aromatic carbocycles. The molecule has 1 nitrogen and oxygen atoms in total. The number of halogens is 2. The fourth-order valence-electron chi connectivity index (χ4n) is 2.21. The van der Waals surface area contributed by atoms with Crippen molar-refractivity contribution >= 4 is 0 Å². The van der Waals surface area contributed by atoms with Crippen molar-refractivity contribution in [3.8, 4) is 0 Å². The molecule has 3 heteroatoms. The Balaban J connectivity index is 2.18. The van der Waals surface area contributed by atoms with Gasteiger partial charge in [0.2, 0.25) is 0 Å². The molecule has 0 aliphatic heterocycles. The monoisotopic (exact) mass is 276 g/mol. The van der Waals surface area contributed by atoms with Gasteiger partial charge in [0, 0.05) is 5.41 Å². The summed E-state index contributed by atoms with van der Waals surface area (Å²) in [6.07, 6.45) is -0.336. The van der Waals surface area contributed by atoms with Crippen LogP contribution in [0.3, 0.4) is 0 Å². The van der Waals surface area contributed by atoms with E-state index in [1.807, 2.05) is 13.8 Å². The third kappa shape index (κ3) is 3.23. The van der Waals surface area contributed by atoms with Gasteiger partial charge >= 0.3 is 0 Å². The molecule has 0 aromatic heterocycles. The van der Waals surface area contributed by atoms with Crippen LogP contribution in [0.5, 0.6) is 0 Å². The van der Waals surface area contributed by atoms with Crippen LogP contribution in [0.1, 0.15) is 25.0 Å². The molecule has 0 aliphatic rings. The second-order valence-electron chi connectivity index (χ2n) is 5.58. The summed E-state index contributed by atoms with van der Waals surface area (Å²) in [5, 5.41) is 10.4. The van der Waals surface area contributed by atoms with E-state index in [0.717, 1.165) is 11.1 Å². The summed E-state index contributed by atoms with van der Waals surface area (Å²) in [5.41, 5.74) is 1.05. The fourth-order valence-corrected chi connectivity index (χ4v) is 2.21. The van der Waals surface area contributed by atoms with Gasteiger partial charge in [-0.2, -0.15) is 0 Å². The van der Waals surface area contributed by atoms with Gasteiger partial charge in [-0.1, -0.05) is 38.1 Å². The van der Waals surface area contributed by atoms with Gasteiger partial charge in [0.05, 0.1) is 6.10 Å². The van der Waals surface area contributed by atoms with Crippen molar-refractivity contribution in [2.45, 2.75) is 31.8 Å². The zero-order chi connectivity index (χ0) is 14.8. The maximum absolute atomic E-state index is 13.2. The van der Waals surface area contributed by atoms with Gasteiger partial charge in [0.15, 0.2) is 0 Å². The lowest BCUT2D eigenvalue weighted by Crippen LogP contribution is -2.35. The third-order valence-corrected chi connectivity index (χ3v) is 3.74. The topological polar surface area (TPSA) is 20.2 Å². The van der Waals surface area contributed by atoms with Crippen LogP contribution in [0.2, 0.25) is 0 Å². The fraction of sp³-hybridized carbons (Fsp3) is 0.294. The minimum Gasteiger partial charge on any atom is -0.392 e. The normalized spacial score (nSPS) is 13.2. The molecule has 20 heavy (non-hydrogen) atoms. The van der Waals surface area contributed by atoms with Gasteiger partial charge in [-0.3, -0.25) is 0 Å². The minimum absolute atomic E-state index is 0.302. The van der Waals surface area contributed by atoms with E-state index < -0.39 is 11.5 Å². The predicted octanol–water partition coefficient (Wildman–Crippen LogP) is 3.85. The first-order valence-corrected chi connectivity index (χ1v) is 6.58. The summed E-state index contributed by atoms with van der Waals surface area (Å²) in [4.78, 5) is 0. The maximum atomic E-state index is 13.2. The third-order valence-electron chi connectivity index (χ3n) is 3.74. The van der Waals surface area contributed by atoms with E-state index in [9.17, 15) is 13.9 Å². The van der Waals surface area contributed by atoms with E-state index in [4.69, 9.17) is 0 Å². The molecule has 0 saturated carbocycles. The molecular weight excluding hydrogens is 258 g/mol. The summed E-state index contributed by atoms with van der Waals surface area (Å²) < 4.78 is 26.1. The average molecular weight is 276 g/mol. The van der Waals surface area contributed by atoms with Crippen molar-refractivity contribution in [1.82, 2.24) is 0 Å². The molecule has 0 saturated heterocycles. The van der Waals surface area contributed by atoms with Gasteiger partial charge in [-0.25, -0.2) is 8.78 Å². The van der Waals surface area contributed by atoms with Gasteiger partial charge < -0.3 is 5.11 Å². The number of aliphatic hydroxyl groups excluding tert-OH is 1. The first-order valence-electron chi connectivity index (χ1n) is 6.58. The maximum Gasteiger partial charge on any atom is 0.123 e. The summed E-state index contributed by atoms with van der Waals surface area (Å²) in [5.74, 6) is -0.613. The SMILES string of the molecule is CC(C)(c1ccc(F)cc1)C(O)Cc1cccc(F)c1. The Labute approximate surface area is 117 Å². The molecule has 1 atom stereocenters. The number of rotatable bonds is 4. The summed E-state index contributed by atoms with van der Waals surface area (Å²) in [6, 6.07) is 12.3. The largest absolute Gasteiger partial charge is 0.392 e. The molecule has 106 valence electrons. The molecule has 0 fully saturated rings. The summed E-state index contributed by atoms with van der Waals surface area (Å²) >= 11 is 0. The highest BCUT2D eigenvalue weighted by Crippen LogP contribution is 2.29. The Hall–Kier alpha value is -1.74.